The number of hydrogen-bond donors (Lipinski definition) is 2. The highest BCUT2D eigenvalue weighted by Gasteiger charge is 2.38. The lowest BCUT2D eigenvalue weighted by Crippen LogP contribution is -2.54. The summed E-state index contributed by atoms with van der Waals surface area (Å²) in [5.41, 5.74) is -0.987. The maximum Gasteiger partial charge on any atom is 0.326 e. The summed E-state index contributed by atoms with van der Waals surface area (Å²) in [4.78, 5) is 11.2. The maximum atomic E-state index is 11.2. The number of hydrogen-bond acceptors (Lipinski definition) is 4. The Balaban J connectivity index is 2.15. The van der Waals surface area contributed by atoms with E-state index in [9.17, 15) is 9.90 Å². The molecule has 5 heteroatoms. The van der Waals surface area contributed by atoms with Crippen LogP contribution in [0.5, 0.6) is 0 Å². The Hall–Kier alpha value is -0.650. The van der Waals surface area contributed by atoms with Gasteiger partial charge in [0.1, 0.15) is 5.54 Å². The number of ether oxygens (including phenoxy) is 2. The third kappa shape index (κ3) is 5.80. The normalized spacial score (nSPS) is 18.9. The second-order valence-electron chi connectivity index (χ2n) is 5.58. The molecule has 0 amide bonds. The molecule has 1 saturated carbocycles. The van der Waals surface area contributed by atoms with Gasteiger partial charge in [-0.05, 0) is 25.7 Å². The SMILES string of the molecule is CC(C)COCCOCC(C)(NC1CC1)C(=O)O. The van der Waals surface area contributed by atoms with Gasteiger partial charge in [0.15, 0.2) is 0 Å². The molecule has 0 aromatic carbocycles. The van der Waals surface area contributed by atoms with Gasteiger partial charge in [-0.25, -0.2) is 0 Å². The summed E-state index contributed by atoms with van der Waals surface area (Å²) in [6.07, 6.45) is 2.11. The van der Waals surface area contributed by atoms with E-state index in [1.807, 2.05) is 0 Å². The van der Waals surface area contributed by atoms with Crippen molar-refractivity contribution in [1.29, 1.82) is 0 Å². The van der Waals surface area contributed by atoms with E-state index in [2.05, 4.69) is 19.2 Å². The molecule has 0 heterocycles. The van der Waals surface area contributed by atoms with Gasteiger partial charge < -0.3 is 14.6 Å². The summed E-state index contributed by atoms with van der Waals surface area (Å²) >= 11 is 0. The van der Waals surface area contributed by atoms with Crippen molar-refractivity contribution in [2.24, 2.45) is 5.92 Å². The largest absolute Gasteiger partial charge is 0.480 e. The van der Waals surface area contributed by atoms with Gasteiger partial charge in [-0.1, -0.05) is 13.8 Å². The number of aliphatic carboxylic acids is 1. The van der Waals surface area contributed by atoms with Crippen LogP contribution < -0.4 is 5.32 Å². The van der Waals surface area contributed by atoms with Crippen molar-refractivity contribution in [1.82, 2.24) is 5.32 Å². The minimum Gasteiger partial charge on any atom is -0.480 e. The standard InChI is InChI=1S/C13H25NO4/c1-10(2)8-17-6-7-18-9-13(3,12(15)16)14-11-4-5-11/h10-11,14H,4-9H2,1-3H3,(H,15,16). The van der Waals surface area contributed by atoms with Gasteiger partial charge in [-0.15, -0.1) is 0 Å². The van der Waals surface area contributed by atoms with Crippen LogP contribution in [0.3, 0.4) is 0 Å². The van der Waals surface area contributed by atoms with E-state index in [1.54, 1.807) is 6.92 Å². The average molecular weight is 259 g/mol. The highest BCUT2D eigenvalue weighted by molar-refractivity contribution is 5.78. The first kappa shape index (κ1) is 15.4. The van der Waals surface area contributed by atoms with Gasteiger partial charge in [0.2, 0.25) is 0 Å². The summed E-state index contributed by atoms with van der Waals surface area (Å²) in [6, 6.07) is 0.340. The number of nitrogens with one attached hydrogen (secondary N) is 1. The Morgan fingerprint density at radius 2 is 2.00 bits per heavy atom. The van der Waals surface area contributed by atoms with Crippen LogP contribution in [-0.4, -0.2) is 49.1 Å². The second kappa shape index (κ2) is 7.07. The first-order valence-electron chi connectivity index (χ1n) is 6.60. The lowest BCUT2D eigenvalue weighted by molar-refractivity contribution is -0.147. The third-order valence-corrected chi connectivity index (χ3v) is 2.79. The van der Waals surface area contributed by atoms with E-state index in [1.165, 1.54) is 0 Å². The molecule has 2 N–H and O–H groups in total. The third-order valence-electron chi connectivity index (χ3n) is 2.79. The van der Waals surface area contributed by atoms with Crippen molar-refractivity contribution in [2.45, 2.75) is 45.2 Å². The monoisotopic (exact) mass is 259 g/mol. The molecule has 1 aliphatic carbocycles. The fourth-order valence-electron chi connectivity index (χ4n) is 1.56. The van der Waals surface area contributed by atoms with Crippen LogP contribution >= 0.6 is 0 Å². The molecule has 1 atom stereocenters. The molecule has 106 valence electrons. The Kier molecular flexibility index (Phi) is 6.05. The van der Waals surface area contributed by atoms with Crippen LogP contribution in [0, 0.1) is 5.92 Å². The lowest BCUT2D eigenvalue weighted by Gasteiger charge is -2.26. The highest BCUT2D eigenvalue weighted by Crippen LogP contribution is 2.22. The molecule has 0 bridgehead atoms. The average Bonchev–Trinajstić information content (AvgIpc) is 3.06. The number of rotatable bonds is 10. The van der Waals surface area contributed by atoms with Crippen LogP contribution in [0.1, 0.15) is 33.6 Å². The smallest absolute Gasteiger partial charge is 0.326 e. The zero-order valence-electron chi connectivity index (χ0n) is 11.6. The topological polar surface area (TPSA) is 67.8 Å². The van der Waals surface area contributed by atoms with E-state index in [-0.39, 0.29) is 6.61 Å². The predicted molar refractivity (Wildman–Crippen MR) is 68.7 cm³/mol. The molecule has 0 aliphatic heterocycles. The fraction of sp³-hybridized carbons (Fsp3) is 0.923. The summed E-state index contributed by atoms with van der Waals surface area (Å²) in [7, 11) is 0. The number of carboxylic acids is 1. The molecule has 0 saturated heterocycles. The summed E-state index contributed by atoms with van der Waals surface area (Å²) in [6.45, 7) is 7.66. The van der Waals surface area contributed by atoms with Gasteiger partial charge in [-0.2, -0.15) is 0 Å². The number of carbonyl (C=O) groups is 1. The molecule has 1 rings (SSSR count). The van der Waals surface area contributed by atoms with Crippen molar-refractivity contribution in [3.05, 3.63) is 0 Å². The first-order chi connectivity index (χ1) is 8.44. The van der Waals surface area contributed by atoms with Gasteiger partial charge in [0.05, 0.1) is 19.8 Å². The Morgan fingerprint density at radius 3 is 2.50 bits per heavy atom. The predicted octanol–water partition coefficient (Wildman–Crippen LogP) is 1.27. The molecule has 18 heavy (non-hydrogen) atoms. The van der Waals surface area contributed by atoms with Crippen molar-refractivity contribution >= 4 is 5.97 Å². The van der Waals surface area contributed by atoms with Crippen molar-refractivity contribution in [3.63, 3.8) is 0 Å². The van der Waals surface area contributed by atoms with E-state index in [0.29, 0.717) is 31.8 Å². The van der Waals surface area contributed by atoms with Gasteiger partial charge >= 0.3 is 5.97 Å². The Bertz CT molecular complexity index is 266. The van der Waals surface area contributed by atoms with Crippen LogP contribution in [0.15, 0.2) is 0 Å². The van der Waals surface area contributed by atoms with Gasteiger partial charge in [0.25, 0.3) is 0 Å². The van der Waals surface area contributed by atoms with E-state index < -0.39 is 11.5 Å². The quantitative estimate of drug-likeness (QED) is 0.578. The lowest BCUT2D eigenvalue weighted by atomic mass is 10.0. The molecule has 1 aliphatic rings. The Morgan fingerprint density at radius 1 is 1.39 bits per heavy atom. The molecule has 1 unspecified atom stereocenters. The summed E-state index contributed by atoms with van der Waals surface area (Å²) in [5.74, 6) is -0.358. The first-order valence-corrected chi connectivity index (χ1v) is 6.60. The van der Waals surface area contributed by atoms with E-state index in [0.717, 1.165) is 12.8 Å². The van der Waals surface area contributed by atoms with Crippen molar-refractivity contribution in [2.75, 3.05) is 26.4 Å². The maximum absolute atomic E-state index is 11.2. The Labute approximate surface area is 109 Å². The second-order valence-corrected chi connectivity index (χ2v) is 5.58. The molecule has 0 aromatic rings. The molecule has 1 fully saturated rings. The van der Waals surface area contributed by atoms with Crippen LogP contribution in [0.2, 0.25) is 0 Å². The van der Waals surface area contributed by atoms with Gasteiger partial charge in [-0.3, -0.25) is 10.1 Å². The minimum atomic E-state index is -0.987. The van der Waals surface area contributed by atoms with Crippen LogP contribution in [0.4, 0.5) is 0 Å². The molecule has 0 aromatic heterocycles. The minimum absolute atomic E-state index is 0.171. The molecule has 5 nitrogen and oxygen atoms in total. The molecular weight excluding hydrogens is 234 g/mol. The summed E-state index contributed by atoms with van der Waals surface area (Å²) < 4.78 is 10.8. The molecule has 0 spiro atoms. The zero-order valence-corrected chi connectivity index (χ0v) is 11.6. The zero-order chi connectivity index (χ0) is 13.6. The van der Waals surface area contributed by atoms with E-state index in [4.69, 9.17) is 9.47 Å². The van der Waals surface area contributed by atoms with Gasteiger partial charge in [0, 0.05) is 12.6 Å². The van der Waals surface area contributed by atoms with E-state index >= 15 is 0 Å². The fourth-order valence-corrected chi connectivity index (χ4v) is 1.56. The highest BCUT2D eigenvalue weighted by atomic mass is 16.5. The van der Waals surface area contributed by atoms with Crippen molar-refractivity contribution < 1.29 is 19.4 Å². The van der Waals surface area contributed by atoms with Crippen molar-refractivity contribution in [3.8, 4) is 0 Å². The molecule has 0 radical (unpaired) electrons. The number of carboxylic acid groups (broad SMARTS) is 1. The summed E-state index contributed by atoms with van der Waals surface area (Å²) in [5, 5.41) is 12.3. The van der Waals surface area contributed by atoms with Crippen LogP contribution in [-0.2, 0) is 14.3 Å². The van der Waals surface area contributed by atoms with Crippen LogP contribution in [0.25, 0.3) is 0 Å². The molecular formula is C13H25NO4.